The molecule has 1 N–H and O–H groups in total. The van der Waals surface area contributed by atoms with Crippen LogP contribution in [-0.4, -0.2) is 21.6 Å². The molecular formula is C12H14O3S. The third-order valence-corrected chi connectivity index (χ3v) is 3.40. The van der Waals surface area contributed by atoms with Crippen molar-refractivity contribution in [2.24, 2.45) is 0 Å². The van der Waals surface area contributed by atoms with Gasteiger partial charge in [-0.1, -0.05) is 18.2 Å². The Morgan fingerprint density at radius 1 is 1.31 bits per heavy atom. The van der Waals surface area contributed by atoms with Crippen LogP contribution in [0.25, 0.3) is 0 Å². The van der Waals surface area contributed by atoms with Gasteiger partial charge >= 0.3 is 5.97 Å². The summed E-state index contributed by atoms with van der Waals surface area (Å²) in [5, 5.41) is 9.17. The molecule has 0 aliphatic heterocycles. The van der Waals surface area contributed by atoms with Crippen molar-refractivity contribution >= 4 is 23.5 Å². The number of rotatable bonds is 5. The fraction of sp³-hybridized carbons (Fsp3) is 0.333. The number of benzene rings is 1. The van der Waals surface area contributed by atoms with Crippen molar-refractivity contribution in [3.8, 4) is 0 Å². The number of Topliss-reactive ketones (excluding diaryl/α,β-unsaturated/α-hetero) is 1. The number of hydrogen-bond acceptors (Lipinski definition) is 3. The number of hydrogen-bond donors (Lipinski definition) is 1. The molecule has 3 nitrogen and oxygen atoms in total. The molecule has 1 atom stereocenters. The summed E-state index contributed by atoms with van der Waals surface area (Å²) in [6, 6.07) is 9.24. The Bertz CT molecular complexity index is 389. The summed E-state index contributed by atoms with van der Waals surface area (Å²) in [4.78, 5) is 23.1. The van der Waals surface area contributed by atoms with Crippen molar-refractivity contribution in [1.29, 1.82) is 0 Å². The molecule has 1 aromatic carbocycles. The van der Waals surface area contributed by atoms with E-state index in [-0.39, 0.29) is 12.2 Å². The van der Waals surface area contributed by atoms with Gasteiger partial charge in [-0.3, -0.25) is 9.59 Å². The van der Waals surface area contributed by atoms with E-state index in [1.54, 1.807) is 6.92 Å². The first-order valence-electron chi connectivity index (χ1n) is 4.91. The molecule has 0 saturated carbocycles. The van der Waals surface area contributed by atoms with Crippen molar-refractivity contribution < 1.29 is 14.7 Å². The van der Waals surface area contributed by atoms with E-state index in [2.05, 4.69) is 0 Å². The standard InChI is InChI=1S/C12H14O3S/c1-9(13)8-12(2,11(14)15)16-10-6-4-3-5-7-10/h3-7H,8H2,1-2H3,(H,14,15). The van der Waals surface area contributed by atoms with Crippen LogP contribution in [-0.2, 0) is 9.59 Å². The average Bonchev–Trinajstić information content (AvgIpc) is 2.17. The molecule has 0 saturated heterocycles. The third-order valence-electron chi connectivity index (χ3n) is 2.12. The highest BCUT2D eigenvalue weighted by Crippen LogP contribution is 2.35. The van der Waals surface area contributed by atoms with Crippen LogP contribution < -0.4 is 0 Å². The maximum atomic E-state index is 11.2. The predicted molar refractivity (Wildman–Crippen MR) is 63.6 cm³/mol. The molecule has 1 unspecified atom stereocenters. The molecule has 0 amide bonds. The van der Waals surface area contributed by atoms with Crippen LogP contribution in [0.4, 0.5) is 0 Å². The monoisotopic (exact) mass is 238 g/mol. The van der Waals surface area contributed by atoms with Gasteiger partial charge in [-0.2, -0.15) is 0 Å². The summed E-state index contributed by atoms with van der Waals surface area (Å²) in [5.74, 6) is -1.08. The summed E-state index contributed by atoms with van der Waals surface area (Å²) < 4.78 is -1.09. The Morgan fingerprint density at radius 3 is 2.31 bits per heavy atom. The highest BCUT2D eigenvalue weighted by Gasteiger charge is 2.35. The predicted octanol–water partition coefficient (Wildman–Crippen LogP) is 2.60. The van der Waals surface area contributed by atoms with Crippen LogP contribution in [0.3, 0.4) is 0 Å². The summed E-state index contributed by atoms with van der Waals surface area (Å²) >= 11 is 1.21. The smallest absolute Gasteiger partial charge is 0.320 e. The van der Waals surface area contributed by atoms with Crippen molar-refractivity contribution in [1.82, 2.24) is 0 Å². The molecule has 86 valence electrons. The van der Waals surface area contributed by atoms with Crippen molar-refractivity contribution in [2.45, 2.75) is 29.9 Å². The number of thioether (sulfide) groups is 1. The lowest BCUT2D eigenvalue weighted by Crippen LogP contribution is -2.33. The molecule has 1 rings (SSSR count). The van der Waals surface area contributed by atoms with Crippen LogP contribution in [0.2, 0.25) is 0 Å². The zero-order valence-electron chi connectivity index (χ0n) is 9.27. The van der Waals surface area contributed by atoms with Gasteiger partial charge in [-0.15, -0.1) is 11.8 Å². The Labute approximate surface area is 98.9 Å². The van der Waals surface area contributed by atoms with Gasteiger partial charge < -0.3 is 5.11 Å². The van der Waals surface area contributed by atoms with Gasteiger partial charge in [0.1, 0.15) is 10.5 Å². The van der Waals surface area contributed by atoms with Gasteiger partial charge in [0.05, 0.1) is 0 Å². The molecular weight excluding hydrogens is 224 g/mol. The van der Waals surface area contributed by atoms with Crippen molar-refractivity contribution in [3.05, 3.63) is 30.3 Å². The fourth-order valence-corrected chi connectivity index (χ4v) is 2.56. The summed E-state index contributed by atoms with van der Waals surface area (Å²) in [7, 11) is 0. The number of aliphatic carboxylic acids is 1. The normalized spacial score (nSPS) is 14.1. The SMILES string of the molecule is CC(=O)CC(C)(Sc1ccccc1)C(=O)O. The van der Waals surface area contributed by atoms with Gasteiger partial charge in [0.2, 0.25) is 0 Å². The van der Waals surface area contributed by atoms with Gasteiger partial charge in [0.25, 0.3) is 0 Å². The molecule has 0 aliphatic rings. The minimum Gasteiger partial charge on any atom is -0.480 e. The molecule has 0 radical (unpaired) electrons. The van der Waals surface area contributed by atoms with Crippen LogP contribution in [0.1, 0.15) is 20.3 Å². The first-order valence-corrected chi connectivity index (χ1v) is 5.72. The zero-order chi connectivity index (χ0) is 12.2. The maximum Gasteiger partial charge on any atom is 0.320 e. The van der Waals surface area contributed by atoms with Gasteiger partial charge in [-0.25, -0.2) is 0 Å². The summed E-state index contributed by atoms with van der Waals surface area (Å²) in [6.07, 6.45) is 0.0297. The van der Waals surface area contributed by atoms with E-state index in [4.69, 9.17) is 5.11 Å². The number of carbonyl (C=O) groups excluding carboxylic acids is 1. The van der Waals surface area contributed by atoms with E-state index < -0.39 is 10.7 Å². The molecule has 0 bridgehead atoms. The Morgan fingerprint density at radius 2 is 1.88 bits per heavy atom. The minimum absolute atomic E-state index is 0.0297. The Hall–Kier alpha value is -1.29. The van der Waals surface area contributed by atoms with E-state index in [0.717, 1.165) is 4.90 Å². The summed E-state index contributed by atoms with van der Waals surface area (Å²) in [5.41, 5.74) is 0. The quantitative estimate of drug-likeness (QED) is 0.801. The largest absolute Gasteiger partial charge is 0.480 e. The Kier molecular flexibility index (Phi) is 4.12. The lowest BCUT2D eigenvalue weighted by atomic mass is 10.1. The lowest BCUT2D eigenvalue weighted by Gasteiger charge is -2.22. The molecule has 0 heterocycles. The van der Waals surface area contributed by atoms with E-state index in [0.29, 0.717) is 0 Å². The summed E-state index contributed by atoms with van der Waals surface area (Å²) in [6.45, 7) is 2.99. The number of carbonyl (C=O) groups is 2. The van der Waals surface area contributed by atoms with Crippen LogP contribution in [0.5, 0.6) is 0 Å². The third kappa shape index (κ3) is 3.38. The molecule has 0 spiro atoms. The van der Waals surface area contributed by atoms with Gasteiger partial charge in [-0.05, 0) is 26.0 Å². The topological polar surface area (TPSA) is 54.4 Å². The van der Waals surface area contributed by atoms with E-state index >= 15 is 0 Å². The average molecular weight is 238 g/mol. The van der Waals surface area contributed by atoms with Crippen LogP contribution in [0, 0.1) is 0 Å². The van der Waals surface area contributed by atoms with E-state index in [1.165, 1.54) is 18.7 Å². The minimum atomic E-state index is -1.09. The van der Waals surface area contributed by atoms with E-state index in [9.17, 15) is 9.59 Å². The molecule has 4 heteroatoms. The first kappa shape index (κ1) is 12.8. The molecule has 0 aromatic heterocycles. The van der Waals surface area contributed by atoms with Crippen molar-refractivity contribution in [3.63, 3.8) is 0 Å². The molecule has 1 aromatic rings. The highest BCUT2D eigenvalue weighted by atomic mass is 32.2. The number of carboxylic acids is 1. The molecule has 0 aliphatic carbocycles. The molecule has 16 heavy (non-hydrogen) atoms. The first-order chi connectivity index (χ1) is 7.44. The fourth-order valence-electron chi connectivity index (χ4n) is 1.38. The molecule has 0 fully saturated rings. The number of ketones is 1. The van der Waals surface area contributed by atoms with Gasteiger partial charge in [0.15, 0.2) is 0 Å². The second-order valence-corrected chi connectivity index (χ2v) is 5.41. The lowest BCUT2D eigenvalue weighted by molar-refractivity contribution is -0.141. The number of carboxylic acid groups (broad SMARTS) is 1. The van der Waals surface area contributed by atoms with Gasteiger partial charge in [0, 0.05) is 11.3 Å². The van der Waals surface area contributed by atoms with E-state index in [1.807, 2.05) is 30.3 Å². The van der Waals surface area contributed by atoms with Crippen molar-refractivity contribution in [2.75, 3.05) is 0 Å². The highest BCUT2D eigenvalue weighted by molar-refractivity contribution is 8.01. The second kappa shape index (κ2) is 5.16. The van der Waals surface area contributed by atoms with Crippen LogP contribution in [0.15, 0.2) is 35.2 Å². The second-order valence-electron chi connectivity index (χ2n) is 3.83. The zero-order valence-corrected chi connectivity index (χ0v) is 10.1. The Balaban J connectivity index is 2.87. The van der Waals surface area contributed by atoms with Crippen LogP contribution >= 0.6 is 11.8 Å². The maximum absolute atomic E-state index is 11.2.